The molecule has 2 fully saturated rings. The van der Waals surface area contributed by atoms with Crippen molar-refractivity contribution in [1.29, 1.82) is 0 Å². The molecule has 2 aliphatic rings. The van der Waals surface area contributed by atoms with Gasteiger partial charge in [0.05, 0.1) is 22.7 Å². The minimum atomic E-state index is -0.936. The van der Waals surface area contributed by atoms with Gasteiger partial charge in [0, 0.05) is 52.8 Å². The van der Waals surface area contributed by atoms with Crippen LogP contribution in [0.15, 0.2) is 58.0 Å². The maximum Gasteiger partial charge on any atom is 0.349 e. The van der Waals surface area contributed by atoms with E-state index in [0.717, 1.165) is 30.3 Å². The molecule has 12 heteroatoms. The van der Waals surface area contributed by atoms with Crippen LogP contribution in [0, 0.1) is 25.1 Å². The zero-order valence-electron chi connectivity index (χ0n) is 26.8. The van der Waals surface area contributed by atoms with Crippen molar-refractivity contribution in [2.45, 2.75) is 50.9 Å². The molecular weight excluding hydrogens is 630 g/mol. The number of nitrogens with one attached hydrogen (secondary N) is 2. The summed E-state index contributed by atoms with van der Waals surface area (Å²) in [5, 5.41) is 15.8. The molecule has 0 spiro atoms. The standard InChI is InChI=1S/C37H32F2N6O4/c1-4-24-28(39)9-8-21-13-23(46)14-26(29(21)24)32-19(2)31-30(35(47)49-32)34(42-20(3)27-16-41-33-25(27)7-5-11-40-33)44-36(43-31)48-18-37-10-6-12-45(37)17-22(38)15-37/h1,5,7-9,11,13-14,16,20,22,46H,6,10,12,15,17-18H2,2-3H3,(H,40,41)(H,42,43,44)/t20?,22-,37+/m1/s1. The van der Waals surface area contributed by atoms with Gasteiger partial charge in [-0.05, 0) is 69.0 Å². The molecule has 3 N–H and O–H groups in total. The van der Waals surface area contributed by atoms with Crippen LogP contribution in [0.5, 0.6) is 11.8 Å². The molecule has 2 aromatic carbocycles. The molecule has 0 saturated carbocycles. The highest BCUT2D eigenvalue weighted by Crippen LogP contribution is 2.42. The number of terminal acetylenes is 1. The van der Waals surface area contributed by atoms with Crippen LogP contribution < -0.4 is 15.7 Å². The van der Waals surface area contributed by atoms with E-state index in [4.69, 9.17) is 20.6 Å². The van der Waals surface area contributed by atoms with Crippen LogP contribution in [0.25, 0.3) is 44.0 Å². The molecule has 1 unspecified atom stereocenters. The summed E-state index contributed by atoms with van der Waals surface area (Å²) in [7, 11) is 0. The molecule has 2 aliphatic heterocycles. The van der Waals surface area contributed by atoms with Crippen LogP contribution in [0.1, 0.15) is 48.9 Å². The Labute approximate surface area is 279 Å². The normalized spacial score (nSPS) is 19.8. The monoisotopic (exact) mass is 662 g/mol. The van der Waals surface area contributed by atoms with Crippen LogP contribution in [0.3, 0.4) is 0 Å². The molecular formula is C37H32F2N6O4. The van der Waals surface area contributed by atoms with Crippen molar-refractivity contribution >= 4 is 38.5 Å². The zero-order chi connectivity index (χ0) is 34.0. The van der Waals surface area contributed by atoms with Crippen molar-refractivity contribution in [3.63, 3.8) is 0 Å². The van der Waals surface area contributed by atoms with Gasteiger partial charge in [0.2, 0.25) is 0 Å². The number of anilines is 1. The SMILES string of the molecule is C#Cc1c(F)ccc2cc(O)cc(-c3oc(=O)c4c(NC(C)c5c[nH]c6ncccc56)nc(OC[C@@]56CCCN5C[C@H](F)C6)nc4c3C)c12. The van der Waals surface area contributed by atoms with Gasteiger partial charge in [-0.3, -0.25) is 4.90 Å². The summed E-state index contributed by atoms with van der Waals surface area (Å²) in [4.78, 5) is 33.0. The maximum atomic E-state index is 14.9. The Bertz CT molecular complexity index is 2400. The summed E-state index contributed by atoms with van der Waals surface area (Å²) in [5.41, 5.74) is 1.24. The van der Waals surface area contributed by atoms with E-state index in [1.54, 1.807) is 13.1 Å². The number of fused-ring (bicyclic) bond motifs is 4. The molecule has 8 rings (SSSR count). The Hall–Kier alpha value is -5.54. The van der Waals surface area contributed by atoms with Crippen molar-refractivity contribution in [1.82, 2.24) is 24.8 Å². The Morgan fingerprint density at radius 2 is 2.14 bits per heavy atom. The first-order chi connectivity index (χ1) is 23.7. The zero-order valence-corrected chi connectivity index (χ0v) is 26.8. The lowest BCUT2D eigenvalue weighted by molar-refractivity contribution is 0.107. The van der Waals surface area contributed by atoms with Crippen LogP contribution in [0.2, 0.25) is 0 Å². The van der Waals surface area contributed by atoms with Gasteiger partial charge in [0.25, 0.3) is 0 Å². The van der Waals surface area contributed by atoms with Crippen LogP contribution >= 0.6 is 0 Å². The van der Waals surface area contributed by atoms with Crippen LogP contribution in [0.4, 0.5) is 14.6 Å². The van der Waals surface area contributed by atoms with Gasteiger partial charge in [0.1, 0.15) is 47.0 Å². The summed E-state index contributed by atoms with van der Waals surface area (Å²) in [6.07, 6.45) is 10.4. The number of hydrogen-bond acceptors (Lipinski definition) is 9. The third kappa shape index (κ3) is 5.04. The molecule has 248 valence electrons. The van der Waals surface area contributed by atoms with E-state index in [1.807, 2.05) is 25.3 Å². The van der Waals surface area contributed by atoms with Crippen LogP contribution in [-0.4, -0.2) is 61.3 Å². The summed E-state index contributed by atoms with van der Waals surface area (Å²) < 4.78 is 41.7. The van der Waals surface area contributed by atoms with Crippen molar-refractivity contribution in [2.24, 2.45) is 0 Å². The van der Waals surface area contributed by atoms with Gasteiger partial charge >= 0.3 is 11.6 Å². The number of hydrogen-bond donors (Lipinski definition) is 3. The fourth-order valence-electron chi connectivity index (χ4n) is 7.67. The minimum absolute atomic E-state index is 0.00195. The van der Waals surface area contributed by atoms with Crippen molar-refractivity contribution in [3.8, 4) is 35.4 Å². The van der Waals surface area contributed by atoms with E-state index in [9.17, 15) is 18.7 Å². The number of alkyl halides is 1. The van der Waals surface area contributed by atoms with E-state index in [2.05, 4.69) is 31.1 Å². The third-order valence-corrected chi connectivity index (χ3v) is 9.96. The van der Waals surface area contributed by atoms with Gasteiger partial charge in [-0.2, -0.15) is 9.97 Å². The Morgan fingerprint density at radius 1 is 1.29 bits per heavy atom. The molecule has 6 heterocycles. The first-order valence-corrected chi connectivity index (χ1v) is 16.1. The number of ether oxygens (including phenoxy) is 1. The topological polar surface area (TPSA) is 129 Å². The number of aromatic nitrogens is 4. The van der Waals surface area contributed by atoms with E-state index in [1.165, 1.54) is 24.3 Å². The molecule has 6 aromatic rings. The Kier molecular flexibility index (Phi) is 7.26. The second-order valence-electron chi connectivity index (χ2n) is 13.0. The highest BCUT2D eigenvalue weighted by Gasteiger charge is 2.49. The fourth-order valence-corrected chi connectivity index (χ4v) is 7.67. The number of phenols is 1. The number of benzene rings is 2. The number of aromatic hydroxyl groups is 1. The number of nitrogens with zero attached hydrogens (tertiary/aromatic N) is 4. The molecule has 0 amide bonds. The van der Waals surface area contributed by atoms with Gasteiger partial charge in [-0.25, -0.2) is 18.6 Å². The number of aromatic amines is 1. The number of aryl methyl sites for hydroxylation is 1. The molecule has 10 nitrogen and oxygen atoms in total. The highest BCUT2D eigenvalue weighted by atomic mass is 19.1. The number of pyridine rings is 1. The number of phenolic OH excluding ortho intramolecular Hbond substituents is 1. The predicted octanol–water partition coefficient (Wildman–Crippen LogP) is 6.54. The van der Waals surface area contributed by atoms with Crippen molar-refractivity contribution < 1.29 is 23.0 Å². The van der Waals surface area contributed by atoms with E-state index < -0.39 is 23.2 Å². The van der Waals surface area contributed by atoms with Crippen molar-refractivity contribution in [3.05, 3.63) is 81.7 Å². The Morgan fingerprint density at radius 3 is 2.98 bits per heavy atom. The summed E-state index contributed by atoms with van der Waals surface area (Å²) in [6.45, 7) is 4.98. The fraction of sp³-hybridized carbons (Fsp3) is 0.297. The van der Waals surface area contributed by atoms with Gasteiger partial charge < -0.3 is 24.6 Å². The number of halogens is 2. The van der Waals surface area contributed by atoms with E-state index in [-0.39, 0.29) is 58.0 Å². The molecule has 0 bridgehead atoms. The predicted molar refractivity (Wildman–Crippen MR) is 182 cm³/mol. The second-order valence-corrected chi connectivity index (χ2v) is 13.0. The van der Waals surface area contributed by atoms with Crippen LogP contribution in [-0.2, 0) is 0 Å². The van der Waals surface area contributed by atoms with Gasteiger partial charge in [-0.1, -0.05) is 12.0 Å². The minimum Gasteiger partial charge on any atom is -0.508 e. The highest BCUT2D eigenvalue weighted by molar-refractivity contribution is 6.03. The molecule has 4 aromatic heterocycles. The number of rotatable bonds is 7. The third-order valence-electron chi connectivity index (χ3n) is 9.96. The van der Waals surface area contributed by atoms with Gasteiger partial charge in [-0.15, -0.1) is 6.42 Å². The second kappa shape index (κ2) is 11.6. The maximum absolute atomic E-state index is 14.9. The number of H-pyrrole nitrogens is 1. The molecule has 49 heavy (non-hydrogen) atoms. The molecule has 0 radical (unpaired) electrons. The molecule has 3 atom stereocenters. The largest absolute Gasteiger partial charge is 0.508 e. The lowest BCUT2D eigenvalue weighted by atomic mass is 9.95. The van der Waals surface area contributed by atoms with E-state index in [0.29, 0.717) is 34.9 Å². The Balaban J connectivity index is 1.30. The smallest absolute Gasteiger partial charge is 0.349 e. The van der Waals surface area contributed by atoms with E-state index >= 15 is 0 Å². The lowest BCUT2D eigenvalue weighted by Crippen LogP contribution is -2.43. The average molecular weight is 663 g/mol. The first kappa shape index (κ1) is 30.8. The first-order valence-electron chi connectivity index (χ1n) is 16.1. The van der Waals surface area contributed by atoms with Gasteiger partial charge in [0.15, 0.2) is 0 Å². The molecule has 0 aliphatic carbocycles. The summed E-state index contributed by atoms with van der Waals surface area (Å²) >= 11 is 0. The average Bonchev–Trinajstić information content (AvgIpc) is 3.77. The van der Waals surface area contributed by atoms with Crippen molar-refractivity contribution in [2.75, 3.05) is 25.0 Å². The quantitative estimate of drug-likeness (QED) is 0.163. The molecule has 2 saturated heterocycles. The summed E-state index contributed by atoms with van der Waals surface area (Å²) in [6, 6.07) is 9.00. The summed E-state index contributed by atoms with van der Waals surface area (Å²) in [5.74, 6) is 1.88. The lowest BCUT2D eigenvalue weighted by Gasteiger charge is -2.30.